The minimum Gasteiger partial charge on any atom is -0.464 e. The van der Waals surface area contributed by atoms with Gasteiger partial charge in [-0.2, -0.15) is 11.8 Å². The van der Waals surface area contributed by atoms with Gasteiger partial charge in [0.15, 0.2) is 0 Å². The van der Waals surface area contributed by atoms with Gasteiger partial charge in [-0.3, -0.25) is 9.59 Å². The molecule has 1 aromatic heterocycles. The number of hydrogen-bond acceptors (Lipinski definition) is 4. The number of nitrogens with one attached hydrogen (secondary N) is 2. The molecule has 0 saturated heterocycles. The van der Waals surface area contributed by atoms with Crippen LogP contribution in [0.1, 0.15) is 41.3 Å². The maximum absolute atomic E-state index is 12.7. The van der Waals surface area contributed by atoms with E-state index in [1.165, 1.54) is 12.1 Å². The first-order valence-electron chi connectivity index (χ1n) is 8.43. The number of aryl methyl sites for hydroxylation is 1. The molecule has 5 nitrogen and oxygen atoms in total. The van der Waals surface area contributed by atoms with Crippen molar-refractivity contribution in [1.29, 1.82) is 0 Å². The molecule has 27 heavy (non-hydrogen) atoms. The molecule has 0 aliphatic carbocycles. The molecule has 1 aromatic carbocycles. The van der Waals surface area contributed by atoms with E-state index in [4.69, 9.17) is 27.6 Å². The van der Waals surface area contributed by atoms with E-state index in [2.05, 4.69) is 10.6 Å². The molecule has 2 amide bonds. The van der Waals surface area contributed by atoms with Gasteiger partial charge in [0.1, 0.15) is 17.6 Å². The molecular weight excluding hydrogens is 407 g/mol. The summed E-state index contributed by atoms with van der Waals surface area (Å²) in [6.07, 6.45) is 2.44. The van der Waals surface area contributed by atoms with Crippen LogP contribution in [0.4, 0.5) is 0 Å². The van der Waals surface area contributed by atoms with Crippen LogP contribution in [0, 0.1) is 6.92 Å². The third kappa shape index (κ3) is 6.19. The molecule has 1 heterocycles. The minimum atomic E-state index is -0.685. The Morgan fingerprint density at radius 2 is 1.93 bits per heavy atom. The van der Waals surface area contributed by atoms with E-state index in [1.807, 2.05) is 32.2 Å². The van der Waals surface area contributed by atoms with Crippen LogP contribution >= 0.6 is 35.0 Å². The molecule has 2 aromatic rings. The second kappa shape index (κ2) is 10.1. The molecule has 0 aliphatic rings. The average Bonchev–Trinajstić information content (AvgIpc) is 3.04. The summed E-state index contributed by atoms with van der Waals surface area (Å²) < 4.78 is 5.55. The Labute approximate surface area is 173 Å². The number of halogens is 2. The van der Waals surface area contributed by atoms with Crippen LogP contribution < -0.4 is 10.6 Å². The van der Waals surface area contributed by atoms with E-state index < -0.39 is 11.9 Å². The lowest BCUT2D eigenvalue weighted by Gasteiger charge is -2.21. The van der Waals surface area contributed by atoms with Gasteiger partial charge < -0.3 is 15.1 Å². The van der Waals surface area contributed by atoms with Crippen LogP contribution in [0.15, 0.2) is 34.7 Å². The number of thioether (sulfide) groups is 1. The van der Waals surface area contributed by atoms with E-state index in [0.29, 0.717) is 17.2 Å². The summed E-state index contributed by atoms with van der Waals surface area (Å²) in [5, 5.41) is 6.34. The highest BCUT2D eigenvalue weighted by atomic mass is 35.5. The SMILES string of the molecule is CSCCC(NC(=O)c1ccc(Cl)cc1Cl)C(=O)NC(C)c1ccc(C)o1. The van der Waals surface area contributed by atoms with Crippen molar-refractivity contribution in [2.24, 2.45) is 0 Å². The topological polar surface area (TPSA) is 71.3 Å². The van der Waals surface area contributed by atoms with Crippen molar-refractivity contribution in [2.45, 2.75) is 32.4 Å². The van der Waals surface area contributed by atoms with Crippen LogP contribution in [-0.4, -0.2) is 29.9 Å². The number of rotatable bonds is 8. The largest absolute Gasteiger partial charge is 0.464 e. The summed E-state index contributed by atoms with van der Waals surface area (Å²) in [4.78, 5) is 25.3. The highest BCUT2D eigenvalue weighted by molar-refractivity contribution is 7.98. The van der Waals surface area contributed by atoms with Gasteiger partial charge in [-0.15, -0.1) is 0 Å². The van der Waals surface area contributed by atoms with Crippen LogP contribution in [-0.2, 0) is 4.79 Å². The Balaban J connectivity index is 2.08. The molecular formula is C19H22Cl2N2O3S. The standard InChI is InChI=1S/C19H22Cl2N2O3S/c1-11-4-7-17(26-11)12(2)22-19(25)16(8-9-27-3)23-18(24)14-6-5-13(20)10-15(14)21/h4-7,10,12,16H,8-9H2,1-3H3,(H,22,25)(H,23,24). The molecule has 0 fully saturated rings. The summed E-state index contributed by atoms with van der Waals surface area (Å²) >= 11 is 13.6. The first-order valence-corrected chi connectivity index (χ1v) is 10.6. The Kier molecular flexibility index (Phi) is 8.07. The second-order valence-electron chi connectivity index (χ2n) is 6.11. The van der Waals surface area contributed by atoms with Crippen molar-refractivity contribution in [1.82, 2.24) is 10.6 Å². The molecule has 0 aliphatic heterocycles. The zero-order chi connectivity index (χ0) is 20.0. The lowest BCUT2D eigenvalue weighted by atomic mass is 10.1. The Morgan fingerprint density at radius 1 is 1.19 bits per heavy atom. The van der Waals surface area contributed by atoms with Crippen LogP contribution in [0.25, 0.3) is 0 Å². The quantitative estimate of drug-likeness (QED) is 0.642. The van der Waals surface area contributed by atoms with Gasteiger partial charge in [0.25, 0.3) is 5.91 Å². The smallest absolute Gasteiger partial charge is 0.253 e. The summed E-state index contributed by atoms with van der Waals surface area (Å²) in [5.74, 6) is 1.47. The molecule has 8 heteroatoms. The van der Waals surface area contributed by atoms with E-state index in [-0.39, 0.29) is 22.5 Å². The Hall–Kier alpha value is -1.63. The number of amides is 2. The van der Waals surface area contributed by atoms with Gasteiger partial charge >= 0.3 is 0 Å². The molecule has 0 bridgehead atoms. The number of carbonyl (C=O) groups excluding carboxylic acids is 2. The Morgan fingerprint density at radius 3 is 2.52 bits per heavy atom. The van der Waals surface area contributed by atoms with Gasteiger partial charge in [-0.05, 0) is 62.6 Å². The monoisotopic (exact) mass is 428 g/mol. The number of hydrogen-bond donors (Lipinski definition) is 2. The fourth-order valence-electron chi connectivity index (χ4n) is 2.49. The summed E-state index contributed by atoms with van der Waals surface area (Å²) in [7, 11) is 0. The molecule has 2 unspecified atom stereocenters. The van der Waals surface area contributed by atoms with Crippen molar-refractivity contribution in [2.75, 3.05) is 12.0 Å². The van der Waals surface area contributed by atoms with E-state index in [9.17, 15) is 9.59 Å². The van der Waals surface area contributed by atoms with E-state index in [0.717, 1.165) is 11.5 Å². The van der Waals surface area contributed by atoms with Crippen molar-refractivity contribution in [3.05, 3.63) is 57.5 Å². The third-order valence-electron chi connectivity index (χ3n) is 3.95. The van der Waals surface area contributed by atoms with E-state index >= 15 is 0 Å². The van der Waals surface area contributed by atoms with Crippen molar-refractivity contribution >= 4 is 46.8 Å². The maximum Gasteiger partial charge on any atom is 0.253 e. The van der Waals surface area contributed by atoms with Crippen molar-refractivity contribution < 1.29 is 14.0 Å². The first kappa shape index (κ1) is 21.7. The van der Waals surface area contributed by atoms with Crippen LogP contribution in [0.3, 0.4) is 0 Å². The number of benzene rings is 1. The zero-order valence-electron chi connectivity index (χ0n) is 15.3. The van der Waals surface area contributed by atoms with Crippen molar-refractivity contribution in [3.63, 3.8) is 0 Å². The maximum atomic E-state index is 12.7. The summed E-state index contributed by atoms with van der Waals surface area (Å²) in [5.41, 5.74) is 0.276. The predicted molar refractivity (Wildman–Crippen MR) is 111 cm³/mol. The predicted octanol–water partition coefficient (Wildman–Crippen LogP) is 4.62. The zero-order valence-corrected chi connectivity index (χ0v) is 17.7. The molecule has 2 atom stereocenters. The fourth-order valence-corrected chi connectivity index (χ4v) is 3.45. The van der Waals surface area contributed by atoms with E-state index in [1.54, 1.807) is 17.8 Å². The van der Waals surface area contributed by atoms with Gasteiger partial charge in [-0.25, -0.2) is 0 Å². The van der Waals surface area contributed by atoms with Crippen LogP contribution in [0.5, 0.6) is 0 Å². The van der Waals surface area contributed by atoms with Gasteiger partial charge in [0.05, 0.1) is 16.6 Å². The molecule has 146 valence electrons. The van der Waals surface area contributed by atoms with Gasteiger partial charge in [0, 0.05) is 5.02 Å². The highest BCUT2D eigenvalue weighted by Crippen LogP contribution is 2.21. The molecule has 0 saturated carbocycles. The molecule has 0 spiro atoms. The van der Waals surface area contributed by atoms with Gasteiger partial charge in [0.2, 0.25) is 5.91 Å². The molecule has 2 rings (SSSR count). The normalized spacial score (nSPS) is 13.1. The minimum absolute atomic E-state index is 0.239. The fraction of sp³-hybridized carbons (Fsp3) is 0.368. The summed E-state index contributed by atoms with van der Waals surface area (Å²) in [6.45, 7) is 3.68. The third-order valence-corrected chi connectivity index (χ3v) is 5.15. The molecule has 0 radical (unpaired) electrons. The highest BCUT2D eigenvalue weighted by Gasteiger charge is 2.24. The van der Waals surface area contributed by atoms with Gasteiger partial charge in [-0.1, -0.05) is 23.2 Å². The molecule has 2 N–H and O–H groups in total. The number of furan rings is 1. The van der Waals surface area contributed by atoms with Crippen molar-refractivity contribution in [3.8, 4) is 0 Å². The lowest BCUT2D eigenvalue weighted by molar-refractivity contribution is -0.123. The Bertz CT molecular complexity index is 810. The summed E-state index contributed by atoms with van der Waals surface area (Å²) in [6, 6.07) is 7.29. The lowest BCUT2D eigenvalue weighted by Crippen LogP contribution is -2.47. The second-order valence-corrected chi connectivity index (χ2v) is 7.94. The number of carbonyl (C=O) groups is 2. The van der Waals surface area contributed by atoms with Crippen LogP contribution in [0.2, 0.25) is 10.0 Å². The average molecular weight is 429 g/mol. The first-order chi connectivity index (χ1) is 12.8.